The minimum Gasteiger partial charge on any atom is -0.361 e. The van der Waals surface area contributed by atoms with E-state index in [9.17, 15) is 4.39 Å². The average molecular weight is 221 g/mol. The van der Waals surface area contributed by atoms with E-state index >= 15 is 0 Å². The number of aromatic nitrogens is 1. The summed E-state index contributed by atoms with van der Waals surface area (Å²) in [4.78, 5) is 3.19. The van der Waals surface area contributed by atoms with Crippen LogP contribution >= 0.6 is 0 Å². The highest BCUT2D eigenvalue weighted by molar-refractivity contribution is 5.63. The third-order valence-corrected chi connectivity index (χ3v) is 2.03. The maximum absolute atomic E-state index is 9.50. The van der Waals surface area contributed by atoms with Gasteiger partial charge in [0.25, 0.3) is 0 Å². The number of benzene rings is 1. The number of hydrogen-bond acceptors (Lipinski definition) is 0. The molecular formula is C14H20FN. The van der Waals surface area contributed by atoms with Crippen LogP contribution in [0.1, 0.15) is 19.4 Å². The highest BCUT2D eigenvalue weighted by Crippen LogP contribution is 2.20. The number of rotatable bonds is 1. The minimum absolute atomic E-state index is 0.500. The van der Waals surface area contributed by atoms with Crippen molar-refractivity contribution in [3.63, 3.8) is 0 Å². The molecule has 1 heterocycles. The van der Waals surface area contributed by atoms with Crippen LogP contribution < -0.4 is 0 Å². The van der Waals surface area contributed by atoms with Crippen LogP contribution in [0.2, 0.25) is 0 Å². The van der Waals surface area contributed by atoms with Crippen LogP contribution in [-0.4, -0.2) is 12.2 Å². The fourth-order valence-corrected chi connectivity index (χ4v) is 1.37. The first-order valence-electron chi connectivity index (χ1n) is 5.45. The van der Waals surface area contributed by atoms with Crippen molar-refractivity contribution in [2.75, 3.05) is 7.18 Å². The first kappa shape index (κ1) is 14.4. The van der Waals surface area contributed by atoms with Crippen LogP contribution in [-0.2, 0) is 0 Å². The summed E-state index contributed by atoms with van der Waals surface area (Å²) in [6.45, 7) is 6.12. The Hall–Kier alpha value is -1.57. The molecular weight excluding hydrogens is 201 g/mol. The Kier molecular flexibility index (Phi) is 7.86. The van der Waals surface area contributed by atoms with Crippen molar-refractivity contribution in [3.05, 3.63) is 48.2 Å². The zero-order valence-electron chi connectivity index (χ0n) is 10.4. The van der Waals surface area contributed by atoms with E-state index in [-0.39, 0.29) is 0 Å². The molecule has 0 aliphatic rings. The third-order valence-electron chi connectivity index (χ3n) is 2.03. The number of alkyl halides is 1. The van der Waals surface area contributed by atoms with E-state index in [1.165, 1.54) is 16.8 Å². The second kappa shape index (κ2) is 8.72. The number of hydrogen-bond donors (Lipinski definition) is 1. The standard InChI is InChI=1S/C11H11N.C2H6.CH3F/c1-9-5-2-3-6-10(9)11-7-4-8-12-11;2*1-2/h2-8,12H,1H3;1-2H3;1H3. The predicted octanol–water partition coefficient (Wildman–Crippen LogP) is 4.60. The van der Waals surface area contributed by atoms with E-state index in [0.717, 1.165) is 0 Å². The van der Waals surface area contributed by atoms with Gasteiger partial charge in [-0.05, 0) is 24.6 Å². The summed E-state index contributed by atoms with van der Waals surface area (Å²) in [7, 11) is 0.500. The number of aromatic amines is 1. The zero-order chi connectivity index (χ0) is 12.4. The first-order chi connectivity index (χ1) is 7.88. The van der Waals surface area contributed by atoms with Gasteiger partial charge >= 0.3 is 0 Å². The fourth-order valence-electron chi connectivity index (χ4n) is 1.37. The Balaban J connectivity index is 0.000000509. The number of H-pyrrole nitrogens is 1. The van der Waals surface area contributed by atoms with Crippen molar-refractivity contribution >= 4 is 0 Å². The van der Waals surface area contributed by atoms with Crippen LogP contribution in [0.4, 0.5) is 4.39 Å². The van der Waals surface area contributed by atoms with E-state index in [2.05, 4.69) is 42.2 Å². The predicted molar refractivity (Wildman–Crippen MR) is 69.3 cm³/mol. The van der Waals surface area contributed by atoms with E-state index in [1.54, 1.807) is 0 Å². The maximum Gasteiger partial charge on any atom is 0.0785 e. The van der Waals surface area contributed by atoms with Crippen LogP contribution in [0, 0.1) is 6.92 Å². The fraction of sp³-hybridized carbons (Fsp3) is 0.286. The number of halogens is 1. The molecule has 2 rings (SSSR count). The lowest BCUT2D eigenvalue weighted by atomic mass is 10.1. The highest BCUT2D eigenvalue weighted by Gasteiger charge is 1.98. The van der Waals surface area contributed by atoms with Crippen molar-refractivity contribution in [1.29, 1.82) is 0 Å². The molecule has 1 aromatic heterocycles. The van der Waals surface area contributed by atoms with Gasteiger partial charge in [-0.1, -0.05) is 38.1 Å². The lowest BCUT2D eigenvalue weighted by molar-refractivity contribution is 0.636. The van der Waals surface area contributed by atoms with Crippen LogP contribution in [0.3, 0.4) is 0 Å². The maximum atomic E-state index is 9.50. The molecule has 2 heteroatoms. The Morgan fingerprint density at radius 1 is 0.938 bits per heavy atom. The molecule has 2 aromatic rings. The third kappa shape index (κ3) is 3.89. The van der Waals surface area contributed by atoms with Crippen molar-refractivity contribution in [1.82, 2.24) is 4.98 Å². The molecule has 0 amide bonds. The molecule has 0 saturated heterocycles. The van der Waals surface area contributed by atoms with Gasteiger partial charge in [0.1, 0.15) is 0 Å². The minimum atomic E-state index is 0.500. The van der Waals surface area contributed by atoms with E-state index in [1.807, 2.05) is 26.1 Å². The molecule has 88 valence electrons. The van der Waals surface area contributed by atoms with E-state index in [0.29, 0.717) is 7.18 Å². The quantitative estimate of drug-likeness (QED) is 0.724. The van der Waals surface area contributed by atoms with Gasteiger partial charge in [0.15, 0.2) is 0 Å². The Morgan fingerprint density at radius 3 is 2.06 bits per heavy atom. The molecule has 0 radical (unpaired) electrons. The summed E-state index contributed by atoms with van der Waals surface area (Å²) in [5.41, 5.74) is 3.77. The average Bonchev–Trinajstić information content (AvgIpc) is 2.88. The second-order valence-electron chi connectivity index (χ2n) is 2.90. The summed E-state index contributed by atoms with van der Waals surface area (Å²) < 4.78 is 9.50. The van der Waals surface area contributed by atoms with Crippen LogP contribution in [0.5, 0.6) is 0 Å². The van der Waals surface area contributed by atoms with Crippen LogP contribution in [0.25, 0.3) is 11.3 Å². The molecule has 0 saturated carbocycles. The van der Waals surface area contributed by atoms with Crippen molar-refractivity contribution < 1.29 is 4.39 Å². The molecule has 0 bridgehead atoms. The smallest absolute Gasteiger partial charge is 0.0785 e. The lowest BCUT2D eigenvalue weighted by Gasteiger charge is -2.01. The van der Waals surface area contributed by atoms with E-state index in [4.69, 9.17) is 0 Å². The normalized spacial score (nSPS) is 8.31. The molecule has 0 aliphatic carbocycles. The summed E-state index contributed by atoms with van der Waals surface area (Å²) in [5.74, 6) is 0. The monoisotopic (exact) mass is 221 g/mol. The van der Waals surface area contributed by atoms with Gasteiger partial charge < -0.3 is 4.98 Å². The molecule has 0 spiro atoms. The summed E-state index contributed by atoms with van der Waals surface area (Å²) >= 11 is 0. The summed E-state index contributed by atoms with van der Waals surface area (Å²) in [6.07, 6.45) is 1.95. The van der Waals surface area contributed by atoms with Gasteiger partial charge in [-0.25, -0.2) is 0 Å². The second-order valence-corrected chi connectivity index (χ2v) is 2.90. The molecule has 0 fully saturated rings. The van der Waals surface area contributed by atoms with Gasteiger partial charge in [-0.2, -0.15) is 0 Å². The van der Waals surface area contributed by atoms with Crippen molar-refractivity contribution in [2.45, 2.75) is 20.8 Å². The largest absolute Gasteiger partial charge is 0.361 e. The van der Waals surface area contributed by atoms with Gasteiger partial charge in [0, 0.05) is 17.5 Å². The number of nitrogens with one attached hydrogen (secondary N) is 1. The van der Waals surface area contributed by atoms with Gasteiger partial charge in [0.2, 0.25) is 0 Å². The van der Waals surface area contributed by atoms with Crippen LogP contribution in [0.15, 0.2) is 42.6 Å². The summed E-state index contributed by atoms with van der Waals surface area (Å²) in [6, 6.07) is 12.5. The SMILES string of the molecule is CC.CF.Cc1ccccc1-c1ccc[nH]1. The van der Waals surface area contributed by atoms with Gasteiger partial charge in [-0.15, -0.1) is 0 Å². The molecule has 0 unspecified atom stereocenters. The Bertz CT molecular complexity index is 366. The van der Waals surface area contributed by atoms with Gasteiger partial charge in [0.05, 0.1) is 7.18 Å². The lowest BCUT2D eigenvalue weighted by Crippen LogP contribution is -1.80. The van der Waals surface area contributed by atoms with Crippen molar-refractivity contribution in [2.24, 2.45) is 0 Å². The van der Waals surface area contributed by atoms with E-state index < -0.39 is 0 Å². The van der Waals surface area contributed by atoms with Crippen molar-refractivity contribution in [3.8, 4) is 11.3 Å². The molecule has 0 aliphatic heterocycles. The molecule has 1 aromatic carbocycles. The molecule has 0 atom stereocenters. The first-order valence-corrected chi connectivity index (χ1v) is 5.45. The topological polar surface area (TPSA) is 15.8 Å². The molecule has 16 heavy (non-hydrogen) atoms. The molecule has 1 nitrogen and oxygen atoms in total. The molecule has 1 N–H and O–H groups in total. The zero-order valence-corrected chi connectivity index (χ0v) is 10.4. The highest BCUT2D eigenvalue weighted by atomic mass is 19.1. The van der Waals surface area contributed by atoms with Gasteiger partial charge in [-0.3, -0.25) is 4.39 Å². The Labute approximate surface area is 97.3 Å². The number of aryl methyl sites for hydroxylation is 1. The summed E-state index contributed by atoms with van der Waals surface area (Å²) in [5, 5.41) is 0. The Morgan fingerprint density at radius 2 is 1.56 bits per heavy atom.